The number of urea groups is 1. The largest absolute Gasteiger partial charge is 0.379 e. The molecule has 2 aliphatic heterocycles. The molecular formula is C19H27N3O3. The van der Waals surface area contributed by atoms with Crippen molar-refractivity contribution in [3.63, 3.8) is 0 Å². The second kappa shape index (κ2) is 6.42. The monoisotopic (exact) mass is 345 g/mol. The summed E-state index contributed by atoms with van der Waals surface area (Å²) in [4.78, 5) is 28.8. The van der Waals surface area contributed by atoms with Crippen molar-refractivity contribution in [2.45, 2.75) is 38.6 Å². The number of benzene rings is 1. The Kier molecular flexibility index (Phi) is 4.60. The first-order valence-electron chi connectivity index (χ1n) is 8.77. The molecule has 1 unspecified atom stereocenters. The van der Waals surface area contributed by atoms with Gasteiger partial charge in [-0.3, -0.25) is 9.69 Å². The number of carbonyl (C=O) groups excluding carboxylic acids is 2. The van der Waals surface area contributed by atoms with Crippen LogP contribution in [0.15, 0.2) is 24.3 Å². The van der Waals surface area contributed by atoms with Crippen LogP contribution in [0.3, 0.4) is 0 Å². The summed E-state index contributed by atoms with van der Waals surface area (Å²) < 4.78 is 5.32. The minimum absolute atomic E-state index is 0.0464. The van der Waals surface area contributed by atoms with Gasteiger partial charge in [0.25, 0.3) is 5.91 Å². The first-order valence-corrected chi connectivity index (χ1v) is 8.77. The molecule has 6 heteroatoms. The van der Waals surface area contributed by atoms with Crippen molar-refractivity contribution in [2.24, 2.45) is 0 Å². The van der Waals surface area contributed by atoms with E-state index in [0.29, 0.717) is 19.9 Å². The van der Waals surface area contributed by atoms with E-state index in [9.17, 15) is 9.59 Å². The second-order valence-electron chi connectivity index (χ2n) is 7.99. The molecule has 1 atom stereocenters. The van der Waals surface area contributed by atoms with Crippen molar-refractivity contribution in [3.05, 3.63) is 35.4 Å². The van der Waals surface area contributed by atoms with Crippen molar-refractivity contribution < 1.29 is 14.3 Å². The highest BCUT2D eigenvalue weighted by atomic mass is 16.5. The van der Waals surface area contributed by atoms with Crippen molar-refractivity contribution in [1.29, 1.82) is 0 Å². The maximum atomic E-state index is 13.0. The van der Waals surface area contributed by atoms with Gasteiger partial charge in [-0.25, -0.2) is 9.69 Å². The molecule has 136 valence electrons. The van der Waals surface area contributed by atoms with Crippen molar-refractivity contribution in [1.82, 2.24) is 15.1 Å². The summed E-state index contributed by atoms with van der Waals surface area (Å²) in [5.41, 5.74) is 1.04. The fourth-order valence-corrected chi connectivity index (χ4v) is 3.27. The van der Waals surface area contributed by atoms with Crippen molar-refractivity contribution in [2.75, 3.05) is 33.0 Å². The van der Waals surface area contributed by atoms with E-state index in [1.807, 2.05) is 24.3 Å². The highest BCUT2D eigenvalue weighted by Gasteiger charge is 2.49. The Hall–Kier alpha value is -1.92. The van der Waals surface area contributed by atoms with Crippen LogP contribution in [0.25, 0.3) is 0 Å². The Morgan fingerprint density at radius 3 is 2.28 bits per heavy atom. The Balaban J connectivity index is 1.79. The van der Waals surface area contributed by atoms with Gasteiger partial charge in [0.15, 0.2) is 0 Å². The number of nitrogens with one attached hydrogen (secondary N) is 1. The zero-order chi connectivity index (χ0) is 18.2. The van der Waals surface area contributed by atoms with Gasteiger partial charge in [0.1, 0.15) is 5.54 Å². The van der Waals surface area contributed by atoms with Crippen LogP contribution in [0.5, 0.6) is 0 Å². The van der Waals surface area contributed by atoms with Crippen LogP contribution in [0.4, 0.5) is 4.79 Å². The van der Waals surface area contributed by atoms with Gasteiger partial charge in [0.2, 0.25) is 0 Å². The van der Waals surface area contributed by atoms with Crippen LogP contribution in [-0.4, -0.2) is 54.7 Å². The molecule has 2 fully saturated rings. The fourth-order valence-electron chi connectivity index (χ4n) is 3.27. The van der Waals surface area contributed by atoms with Crippen molar-refractivity contribution >= 4 is 11.9 Å². The highest BCUT2D eigenvalue weighted by Crippen LogP contribution is 2.31. The van der Waals surface area contributed by atoms with Crippen molar-refractivity contribution in [3.8, 4) is 0 Å². The van der Waals surface area contributed by atoms with Crippen LogP contribution >= 0.6 is 0 Å². The van der Waals surface area contributed by atoms with Crippen LogP contribution in [0.2, 0.25) is 0 Å². The zero-order valence-corrected chi connectivity index (χ0v) is 15.5. The van der Waals surface area contributed by atoms with E-state index in [4.69, 9.17) is 4.74 Å². The smallest absolute Gasteiger partial charge is 0.326 e. The Bertz CT molecular complexity index is 659. The summed E-state index contributed by atoms with van der Waals surface area (Å²) in [6, 6.07) is 7.61. The van der Waals surface area contributed by atoms with Gasteiger partial charge in [0.05, 0.1) is 19.9 Å². The molecule has 25 heavy (non-hydrogen) atoms. The number of nitrogens with zero attached hydrogens (tertiary/aromatic N) is 2. The molecule has 1 N–H and O–H groups in total. The average Bonchev–Trinajstić information content (AvgIpc) is 2.79. The second-order valence-corrected chi connectivity index (χ2v) is 7.99. The van der Waals surface area contributed by atoms with Crippen LogP contribution in [0.1, 0.15) is 38.8 Å². The lowest BCUT2D eigenvalue weighted by Gasteiger charge is -2.30. The third-order valence-electron chi connectivity index (χ3n) is 5.05. The molecule has 0 radical (unpaired) electrons. The van der Waals surface area contributed by atoms with E-state index < -0.39 is 5.54 Å². The summed E-state index contributed by atoms with van der Waals surface area (Å²) in [7, 11) is 0. The molecule has 2 saturated heterocycles. The molecule has 3 rings (SSSR count). The molecule has 0 aliphatic carbocycles. The standard InChI is InChI=1S/C19H27N3O3/c1-18(2,3)14-5-7-15(8-6-14)19(4)16(23)22(17(24)20-19)13-21-9-11-25-12-10-21/h5-8H,9-13H2,1-4H3,(H,20,24). The predicted molar refractivity (Wildman–Crippen MR) is 95.1 cm³/mol. The van der Waals surface area contributed by atoms with Gasteiger partial charge >= 0.3 is 6.03 Å². The van der Waals surface area contributed by atoms with Gasteiger partial charge in [-0.05, 0) is 23.5 Å². The molecule has 0 saturated carbocycles. The topological polar surface area (TPSA) is 61.9 Å². The number of hydrogen-bond donors (Lipinski definition) is 1. The quantitative estimate of drug-likeness (QED) is 0.852. The maximum Gasteiger partial charge on any atom is 0.326 e. The molecule has 6 nitrogen and oxygen atoms in total. The Morgan fingerprint density at radius 1 is 1.12 bits per heavy atom. The van der Waals surface area contributed by atoms with E-state index in [1.165, 1.54) is 10.5 Å². The molecule has 0 spiro atoms. The molecule has 2 aliphatic rings. The molecular weight excluding hydrogens is 318 g/mol. The third-order valence-corrected chi connectivity index (χ3v) is 5.05. The fraction of sp³-hybridized carbons (Fsp3) is 0.579. The van der Waals surface area contributed by atoms with Gasteiger partial charge in [0, 0.05) is 13.1 Å². The van der Waals surface area contributed by atoms with E-state index in [2.05, 4.69) is 31.0 Å². The van der Waals surface area contributed by atoms with E-state index >= 15 is 0 Å². The average molecular weight is 345 g/mol. The number of imide groups is 1. The SMILES string of the molecule is CC(C)(C)c1ccc(C2(C)NC(=O)N(CN3CCOCC3)C2=O)cc1. The van der Waals surface area contributed by atoms with Crippen LogP contribution in [0, 0.1) is 0 Å². The molecule has 0 bridgehead atoms. The number of amides is 3. The molecule has 2 heterocycles. The molecule has 0 aromatic heterocycles. The highest BCUT2D eigenvalue weighted by molar-refractivity contribution is 6.07. The Labute approximate surface area is 149 Å². The predicted octanol–water partition coefficient (Wildman–Crippen LogP) is 2.04. The van der Waals surface area contributed by atoms with Crippen LogP contribution in [-0.2, 0) is 20.5 Å². The van der Waals surface area contributed by atoms with E-state index in [1.54, 1.807) is 6.92 Å². The van der Waals surface area contributed by atoms with Gasteiger partial charge in [-0.1, -0.05) is 45.0 Å². The Morgan fingerprint density at radius 2 is 1.72 bits per heavy atom. The minimum atomic E-state index is -1.01. The third kappa shape index (κ3) is 3.41. The minimum Gasteiger partial charge on any atom is -0.379 e. The maximum absolute atomic E-state index is 13.0. The first-order chi connectivity index (χ1) is 11.7. The molecule has 3 amide bonds. The van der Waals surface area contributed by atoms with E-state index in [-0.39, 0.29) is 17.4 Å². The lowest BCUT2D eigenvalue weighted by Crippen LogP contribution is -2.47. The van der Waals surface area contributed by atoms with Gasteiger partial charge in [-0.15, -0.1) is 0 Å². The summed E-state index contributed by atoms with van der Waals surface area (Å²) >= 11 is 0. The summed E-state index contributed by atoms with van der Waals surface area (Å²) in [5, 5.41) is 2.87. The summed E-state index contributed by atoms with van der Waals surface area (Å²) in [6.07, 6.45) is 0. The van der Waals surface area contributed by atoms with Crippen LogP contribution < -0.4 is 5.32 Å². The number of hydrogen-bond acceptors (Lipinski definition) is 4. The number of carbonyl (C=O) groups is 2. The lowest BCUT2D eigenvalue weighted by molar-refractivity contribution is -0.133. The van der Waals surface area contributed by atoms with E-state index in [0.717, 1.165) is 18.7 Å². The first kappa shape index (κ1) is 17.9. The zero-order valence-electron chi connectivity index (χ0n) is 15.5. The van der Waals surface area contributed by atoms with Gasteiger partial charge in [-0.2, -0.15) is 0 Å². The molecule has 1 aromatic rings. The summed E-state index contributed by atoms with van der Waals surface area (Å²) in [5.74, 6) is -0.201. The summed E-state index contributed by atoms with van der Waals surface area (Å²) in [6.45, 7) is 11.3. The lowest BCUT2D eigenvalue weighted by atomic mass is 9.84. The van der Waals surface area contributed by atoms with Gasteiger partial charge < -0.3 is 10.1 Å². The number of rotatable bonds is 3. The molecule has 1 aromatic carbocycles. The normalized spacial score (nSPS) is 25.4. The number of morpholine rings is 1. The number of ether oxygens (including phenoxy) is 1.